The molecule has 0 amide bonds. The molecule has 1 aliphatic rings. The Morgan fingerprint density at radius 1 is 1.40 bits per heavy atom. The summed E-state index contributed by atoms with van der Waals surface area (Å²) < 4.78 is 0.997. The fraction of sp³-hybridized carbons (Fsp3) is 0.562. The predicted molar refractivity (Wildman–Crippen MR) is 94.5 cm³/mol. The number of anilines is 1. The number of hydrogen-bond donors (Lipinski definition) is 1. The fourth-order valence-corrected chi connectivity index (χ4v) is 3.91. The Balaban J connectivity index is 2.08. The molecule has 2 nitrogen and oxygen atoms in total. The molecule has 0 radical (unpaired) electrons. The smallest absolute Gasteiger partial charge is 0.105 e. The van der Waals surface area contributed by atoms with Gasteiger partial charge >= 0.3 is 0 Å². The highest BCUT2D eigenvalue weighted by atomic mass is 79.9. The van der Waals surface area contributed by atoms with Crippen LogP contribution in [0.25, 0.3) is 0 Å². The van der Waals surface area contributed by atoms with Crippen LogP contribution in [0.4, 0.5) is 5.69 Å². The first-order chi connectivity index (χ1) is 9.61. The van der Waals surface area contributed by atoms with Gasteiger partial charge in [-0.2, -0.15) is 0 Å². The van der Waals surface area contributed by atoms with Crippen LogP contribution in [0.1, 0.15) is 44.6 Å². The molecular weight excluding hydrogens is 332 g/mol. The lowest BCUT2D eigenvalue weighted by atomic mass is 9.96. The maximum absolute atomic E-state index is 5.71. The van der Waals surface area contributed by atoms with Gasteiger partial charge in [0.15, 0.2) is 0 Å². The second-order valence-corrected chi connectivity index (χ2v) is 6.90. The van der Waals surface area contributed by atoms with E-state index < -0.39 is 0 Å². The van der Waals surface area contributed by atoms with Crippen molar-refractivity contribution in [1.82, 2.24) is 0 Å². The second-order valence-electron chi connectivity index (χ2n) is 5.60. The Kier molecular flexibility index (Phi) is 5.85. The van der Waals surface area contributed by atoms with E-state index in [1.807, 2.05) is 6.07 Å². The first-order valence-corrected chi connectivity index (χ1v) is 8.66. The zero-order valence-electron chi connectivity index (χ0n) is 12.1. The maximum Gasteiger partial charge on any atom is 0.105 e. The van der Waals surface area contributed by atoms with E-state index in [0.717, 1.165) is 29.0 Å². The average Bonchev–Trinajstić information content (AvgIpc) is 2.64. The summed E-state index contributed by atoms with van der Waals surface area (Å²) in [6, 6.07) is 6.31. The Bertz CT molecular complexity index is 476. The molecule has 110 valence electrons. The number of halogens is 1. The molecule has 4 heteroatoms. The molecule has 0 aromatic heterocycles. The number of thiocarbonyl (C=S) groups is 1. The summed E-state index contributed by atoms with van der Waals surface area (Å²) in [7, 11) is 0. The van der Waals surface area contributed by atoms with Gasteiger partial charge in [0.1, 0.15) is 4.99 Å². The van der Waals surface area contributed by atoms with Crippen LogP contribution in [0.2, 0.25) is 0 Å². The second kappa shape index (κ2) is 7.41. The quantitative estimate of drug-likeness (QED) is 0.807. The number of hydrogen-bond acceptors (Lipinski definition) is 2. The molecule has 1 aromatic rings. The highest BCUT2D eigenvalue weighted by Crippen LogP contribution is 2.28. The monoisotopic (exact) mass is 354 g/mol. The average molecular weight is 355 g/mol. The maximum atomic E-state index is 5.71. The summed E-state index contributed by atoms with van der Waals surface area (Å²) in [4.78, 5) is 2.94. The van der Waals surface area contributed by atoms with Gasteiger partial charge in [0.25, 0.3) is 0 Å². The van der Waals surface area contributed by atoms with Crippen molar-refractivity contribution in [3.8, 4) is 0 Å². The minimum atomic E-state index is 0.447. The van der Waals surface area contributed by atoms with Crippen LogP contribution in [0.15, 0.2) is 22.7 Å². The van der Waals surface area contributed by atoms with E-state index in [1.165, 1.54) is 37.8 Å². The predicted octanol–water partition coefficient (Wildman–Crippen LogP) is 4.49. The third kappa shape index (κ3) is 3.95. The van der Waals surface area contributed by atoms with Crippen molar-refractivity contribution < 1.29 is 0 Å². The van der Waals surface area contributed by atoms with Crippen LogP contribution in [-0.4, -0.2) is 18.1 Å². The molecule has 0 spiro atoms. The van der Waals surface area contributed by atoms with Crippen molar-refractivity contribution in [1.29, 1.82) is 0 Å². The van der Waals surface area contributed by atoms with E-state index >= 15 is 0 Å². The van der Waals surface area contributed by atoms with Gasteiger partial charge in [-0.25, -0.2) is 0 Å². The van der Waals surface area contributed by atoms with Gasteiger partial charge in [0.2, 0.25) is 0 Å². The number of nitrogens with zero attached hydrogens (tertiary/aromatic N) is 1. The number of nitrogens with two attached hydrogens (primary N) is 1. The lowest BCUT2D eigenvalue weighted by molar-refractivity contribution is 0.435. The van der Waals surface area contributed by atoms with E-state index in [2.05, 4.69) is 39.9 Å². The Morgan fingerprint density at radius 3 is 2.85 bits per heavy atom. The summed E-state index contributed by atoms with van der Waals surface area (Å²) in [5.41, 5.74) is 7.90. The molecule has 2 rings (SSSR count). The zero-order valence-corrected chi connectivity index (χ0v) is 14.5. The molecular formula is C16H23BrN2S. The van der Waals surface area contributed by atoms with Gasteiger partial charge in [-0.05, 0) is 59.3 Å². The van der Waals surface area contributed by atoms with E-state index in [9.17, 15) is 0 Å². The van der Waals surface area contributed by atoms with Crippen molar-refractivity contribution in [3.05, 3.63) is 28.2 Å². The number of rotatable bonds is 4. The first-order valence-electron chi connectivity index (χ1n) is 7.46. The molecule has 2 N–H and O–H groups in total. The molecule has 0 bridgehead atoms. The number of benzene rings is 1. The van der Waals surface area contributed by atoms with Crippen LogP contribution in [0.5, 0.6) is 0 Å². The summed E-state index contributed by atoms with van der Waals surface area (Å²) in [6.07, 6.45) is 6.65. The van der Waals surface area contributed by atoms with E-state index in [1.54, 1.807) is 0 Å². The molecule has 20 heavy (non-hydrogen) atoms. The Morgan fingerprint density at radius 2 is 2.20 bits per heavy atom. The molecule has 1 saturated heterocycles. The molecule has 0 aliphatic carbocycles. The summed E-state index contributed by atoms with van der Waals surface area (Å²) in [6.45, 7) is 4.59. The van der Waals surface area contributed by atoms with Gasteiger partial charge in [0.05, 0.1) is 0 Å². The van der Waals surface area contributed by atoms with Gasteiger partial charge in [-0.3, -0.25) is 0 Å². The molecule has 1 aliphatic heterocycles. The van der Waals surface area contributed by atoms with Crippen LogP contribution >= 0.6 is 28.1 Å². The largest absolute Gasteiger partial charge is 0.389 e. The highest BCUT2D eigenvalue weighted by molar-refractivity contribution is 9.10. The Hall–Kier alpha value is -0.610. The fourth-order valence-electron chi connectivity index (χ4n) is 3.02. The molecule has 1 aromatic carbocycles. The van der Waals surface area contributed by atoms with E-state index in [0.29, 0.717) is 4.99 Å². The molecule has 1 heterocycles. The van der Waals surface area contributed by atoms with E-state index in [-0.39, 0.29) is 0 Å². The zero-order chi connectivity index (χ0) is 14.5. The lowest BCUT2D eigenvalue weighted by Crippen LogP contribution is -2.24. The van der Waals surface area contributed by atoms with Crippen molar-refractivity contribution in [3.63, 3.8) is 0 Å². The molecule has 1 unspecified atom stereocenters. The third-order valence-corrected chi connectivity index (χ3v) is 5.00. The molecule has 1 fully saturated rings. The van der Waals surface area contributed by atoms with Crippen molar-refractivity contribution in [2.45, 2.75) is 39.0 Å². The summed E-state index contributed by atoms with van der Waals surface area (Å²) in [5.74, 6) is 0.907. The lowest BCUT2D eigenvalue weighted by Gasteiger charge is -2.23. The van der Waals surface area contributed by atoms with Crippen LogP contribution in [0, 0.1) is 5.92 Å². The summed E-state index contributed by atoms with van der Waals surface area (Å²) >= 11 is 8.63. The Labute approximate surface area is 135 Å². The minimum absolute atomic E-state index is 0.447. The van der Waals surface area contributed by atoms with Crippen LogP contribution in [0.3, 0.4) is 0 Å². The normalized spacial score (nSPS) is 19.7. The van der Waals surface area contributed by atoms with Gasteiger partial charge in [0, 0.05) is 28.8 Å². The summed E-state index contributed by atoms with van der Waals surface area (Å²) in [5, 5.41) is 0. The highest BCUT2D eigenvalue weighted by Gasteiger charge is 2.17. The van der Waals surface area contributed by atoms with Gasteiger partial charge in [-0.1, -0.05) is 32.0 Å². The van der Waals surface area contributed by atoms with Crippen molar-refractivity contribution in [2.75, 3.05) is 18.0 Å². The van der Waals surface area contributed by atoms with Gasteiger partial charge < -0.3 is 10.6 Å². The minimum Gasteiger partial charge on any atom is -0.389 e. The molecule has 0 saturated carbocycles. The third-order valence-electron chi connectivity index (χ3n) is 4.13. The van der Waals surface area contributed by atoms with Crippen LogP contribution in [-0.2, 0) is 0 Å². The van der Waals surface area contributed by atoms with Crippen LogP contribution < -0.4 is 10.6 Å². The standard InChI is InChI=1S/C16H23BrN2S/c1-2-4-12-5-3-9-19(10-8-12)13-6-7-14(16(18)20)15(17)11-13/h6-7,11-12H,2-5,8-10H2,1H3,(H2,18,20). The van der Waals surface area contributed by atoms with Crippen molar-refractivity contribution in [2.24, 2.45) is 11.7 Å². The SMILES string of the molecule is CCCC1CCCN(c2ccc(C(N)=S)c(Br)c2)CC1. The topological polar surface area (TPSA) is 29.3 Å². The van der Waals surface area contributed by atoms with E-state index in [4.69, 9.17) is 18.0 Å². The molecule has 1 atom stereocenters. The first kappa shape index (κ1) is 15.8. The van der Waals surface area contributed by atoms with Gasteiger partial charge in [-0.15, -0.1) is 0 Å². The van der Waals surface area contributed by atoms with Crippen molar-refractivity contribution >= 4 is 38.8 Å².